The van der Waals surface area contributed by atoms with Crippen molar-refractivity contribution in [3.63, 3.8) is 0 Å². The number of carboxylic acid groups (broad SMARTS) is 2. The number of carbonyl (C=O) groups is 2. The van der Waals surface area contributed by atoms with Gasteiger partial charge in [0.2, 0.25) is 0 Å². The second kappa shape index (κ2) is 8.70. The summed E-state index contributed by atoms with van der Waals surface area (Å²) in [4.78, 5) is 23.4. The second-order valence-electron chi connectivity index (χ2n) is 8.04. The maximum atomic E-state index is 12.0. The van der Waals surface area contributed by atoms with Crippen LogP contribution < -0.4 is 0 Å². The highest BCUT2D eigenvalue weighted by atomic mass is 16.4. The smallest absolute Gasteiger partial charge is 0.310 e. The van der Waals surface area contributed by atoms with E-state index in [0.29, 0.717) is 25.2 Å². The Bertz CT molecular complexity index is 402. The van der Waals surface area contributed by atoms with Gasteiger partial charge in [0.05, 0.1) is 11.3 Å². The third-order valence-electron chi connectivity index (χ3n) is 5.82. The fourth-order valence-electron chi connectivity index (χ4n) is 4.30. The van der Waals surface area contributed by atoms with Gasteiger partial charge in [0.25, 0.3) is 0 Å². The van der Waals surface area contributed by atoms with Crippen LogP contribution in [-0.4, -0.2) is 22.2 Å². The van der Waals surface area contributed by atoms with Gasteiger partial charge in [-0.3, -0.25) is 9.59 Å². The molecule has 134 valence electrons. The van der Waals surface area contributed by atoms with E-state index in [1.807, 2.05) is 13.8 Å². The van der Waals surface area contributed by atoms with Crippen LogP contribution in [0.5, 0.6) is 0 Å². The number of aliphatic carboxylic acids is 2. The normalized spacial score (nSPS) is 28.3. The van der Waals surface area contributed by atoms with Gasteiger partial charge in [-0.1, -0.05) is 53.4 Å². The SMILES string of the molecule is CC(C)CCCCCC1CC(C(=O)O)CCC1(C(=O)O)C(C)C. The molecular weight excluding hydrogens is 292 g/mol. The first-order valence-electron chi connectivity index (χ1n) is 9.18. The zero-order chi connectivity index (χ0) is 17.6. The molecule has 0 aromatic heterocycles. The van der Waals surface area contributed by atoms with Crippen molar-refractivity contribution in [1.29, 1.82) is 0 Å². The Morgan fingerprint density at radius 2 is 1.74 bits per heavy atom. The molecule has 0 heterocycles. The molecule has 3 unspecified atom stereocenters. The first-order valence-corrected chi connectivity index (χ1v) is 9.18. The minimum atomic E-state index is -0.766. The van der Waals surface area contributed by atoms with Crippen molar-refractivity contribution in [2.75, 3.05) is 0 Å². The van der Waals surface area contributed by atoms with E-state index >= 15 is 0 Å². The summed E-state index contributed by atoms with van der Waals surface area (Å²) >= 11 is 0. The number of hydrogen-bond donors (Lipinski definition) is 2. The molecule has 4 nitrogen and oxygen atoms in total. The topological polar surface area (TPSA) is 74.6 Å². The summed E-state index contributed by atoms with van der Waals surface area (Å²) in [7, 11) is 0. The van der Waals surface area contributed by atoms with E-state index in [2.05, 4.69) is 13.8 Å². The van der Waals surface area contributed by atoms with Gasteiger partial charge in [0.15, 0.2) is 0 Å². The van der Waals surface area contributed by atoms with Crippen molar-refractivity contribution in [3.8, 4) is 0 Å². The van der Waals surface area contributed by atoms with Crippen molar-refractivity contribution in [1.82, 2.24) is 0 Å². The number of unbranched alkanes of at least 4 members (excludes halogenated alkanes) is 2. The molecule has 4 heteroatoms. The molecule has 0 spiro atoms. The van der Waals surface area contributed by atoms with Gasteiger partial charge in [-0.15, -0.1) is 0 Å². The molecule has 0 saturated heterocycles. The highest BCUT2D eigenvalue weighted by molar-refractivity contribution is 5.77. The first kappa shape index (κ1) is 20.0. The molecule has 1 fully saturated rings. The maximum absolute atomic E-state index is 12.0. The fraction of sp³-hybridized carbons (Fsp3) is 0.895. The summed E-state index contributed by atoms with van der Waals surface area (Å²) in [5, 5.41) is 19.2. The average molecular weight is 326 g/mol. The molecule has 2 N–H and O–H groups in total. The zero-order valence-corrected chi connectivity index (χ0v) is 15.2. The molecule has 23 heavy (non-hydrogen) atoms. The van der Waals surface area contributed by atoms with Crippen LogP contribution in [0.4, 0.5) is 0 Å². The Morgan fingerprint density at radius 1 is 1.09 bits per heavy atom. The standard InChI is InChI=1S/C19H34O4/c1-13(2)8-6-5-7-9-16-12-15(17(20)21)10-11-19(16,14(3)4)18(22)23/h13-16H,5-12H2,1-4H3,(H,20,21)(H,22,23). The summed E-state index contributed by atoms with van der Waals surface area (Å²) < 4.78 is 0. The molecule has 1 aliphatic rings. The van der Waals surface area contributed by atoms with Crippen LogP contribution in [0.15, 0.2) is 0 Å². The van der Waals surface area contributed by atoms with Crippen LogP contribution >= 0.6 is 0 Å². The number of hydrogen-bond acceptors (Lipinski definition) is 2. The molecule has 1 saturated carbocycles. The average Bonchev–Trinajstić information content (AvgIpc) is 2.45. The first-order chi connectivity index (χ1) is 10.7. The van der Waals surface area contributed by atoms with E-state index in [1.165, 1.54) is 12.8 Å². The van der Waals surface area contributed by atoms with Crippen molar-refractivity contribution in [3.05, 3.63) is 0 Å². The predicted molar refractivity (Wildman–Crippen MR) is 91.3 cm³/mol. The molecule has 1 aliphatic carbocycles. The summed E-state index contributed by atoms with van der Waals surface area (Å²) in [5.74, 6) is -1.15. The van der Waals surface area contributed by atoms with E-state index in [1.54, 1.807) is 0 Å². The van der Waals surface area contributed by atoms with Gasteiger partial charge in [0, 0.05) is 0 Å². The third-order valence-corrected chi connectivity index (χ3v) is 5.82. The molecular formula is C19H34O4. The lowest BCUT2D eigenvalue weighted by Crippen LogP contribution is -2.48. The molecule has 0 radical (unpaired) electrons. The van der Waals surface area contributed by atoms with Gasteiger partial charge >= 0.3 is 11.9 Å². The Labute approximate surface area is 140 Å². The highest BCUT2D eigenvalue weighted by Gasteiger charge is 2.51. The lowest BCUT2D eigenvalue weighted by Gasteiger charge is -2.45. The van der Waals surface area contributed by atoms with E-state index < -0.39 is 17.4 Å². The van der Waals surface area contributed by atoms with Gasteiger partial charge < -0.3 is 10.2 Å². The molecule has 0 aromatic carbocycles. The van der Waals surface area contributed by atoms with Gasteiger partial charge in [-0.25, -0.2) is 0 Å². The molecule has 1 rings (SSSR count). The summed E-state index contributed by atoms with van der Waals surface area (Å²) in [5.41, 5.74) is -0.746. The second-order valence-corrected chi connectivity index (χ2v) is 8.04. The summed E-state index contributed by atoms with van der Waals surface area (Å²) in [6.45, 7) is 8.38. The quantitative estimate of drug-likeness (QED) is 0.596. The highest BCUT2D eigenvalue weighted by Crippen LogP contribution is 2.51. The Hall–Kier alpha value is -1.06. The summed E-state index contributed by atoms with van der Waals surface area (Å²) in [6, 6.07) is 0. The van der Waals surface area contributed by atoms with Crippen LogP contribution in [0.3, 0.4) is 0 Å². The third kappa shape index (κ3) is 4.95. The minimum absolute atomic E-state index is 0.0195. The molecule has 3 atom stereocenters. The van der Waals surface area contributed by atoms with E-state index in [4.69, 9.17) is 0 Å². The number of carboxylic acids is 2. The molecule has 0 aliphatic heterocycles. The lowest BCUT2D eigenvalue weighted by molar-refractivity contribution is -0.165. The Kier molecular flexibility index (Phi) is 7.56. The van der Waals surface area contributed by atoms with Gasteiger partial charge in [0.1, 0.15) is 0 Å². The van der Waals surface area contributed by atoms with Gasteiger partial charge in [-0.2, -0.15) is 0 Å². The van der Waals surface area contributed by atoms with Crippen LogP contribution in [0.2, 0.25) is 0 Å². The molecule has 0 bridgehead atoms. The lowest BCUT2D eigenvalue weighted by atomic mass is 9.57. The van der Waals surface area contributed by atoms with Crippen LogP contribution in [0, 0.1) is 29.1 Å². The minimum Gasteiger partial charge on any atom is -0.481 e. The largest absolute Gasteiger partial charge is 0.481 e. The Morgan fingerprint density at radius 3 is 2.22 bits per heavy atom. The predicted octanol–water partition coefficient (Wildman–Crippen LogP) is 4.82. The fourth-order valence-corrected chi connectivity index (χ4v) is 4.30. The van der Waals surface area contributed by atoms with E-state index in [9.17, 15) is 19.8 Å². The van der Waals surface area contributed by atoms with Crippen molar-refractivity contribution >= 4 is 11.9 Å². The monoisotopic (exact) mass is 326 g/mol. The van der Waals surface area contributed by atoms with E-state index in [-0.39, 0.29) is 17.8 Å². The molecule has 0 amide bonds. The van der Waals surface area contributed by atoms with Gasteiger partial charge in [-0.05, 0) is 43.4 Å². The zero-order valence-electron chi connectivity index (χ0n) is 15.2. The van der Waals surface area contributed by atoms with Crippen molar-refractivity contribution < 1.29 is 19.8 Å². The van der Waals surface area contributed by atoms with Crippen LogP contribution in [0.1, 0.15) is 79.1 Å². The van der Waals surface area contributed by atoms with E-state index in [0.717, 1.165) is 19.3 Å². The van der Waals surface area contributed by atoms with Crippen molar-refractivity contribution in [2.24, 2.45) is 29.1 Å². The number of rotatable bonds is 9. The molecule has 0 aromatic rings. The van der Waals surface area contributed by atoms with Crippen LogP contribution in [-0.2, 0) is 9.59 Å². The van der Waals surface area contributed by atoms with Crippen LogP contribution in [0.25, 0.3) is 0 Å². The maximum Gasteiger partial charge on any atom is 0.310 e. The summed E-state index contributed by atoms with van der Waals surface area (Å²) in [6.07, 6.45) is 6.84. The van der Waals surface area contributed by atoms with Crippen molar-refractivity contribution in [2.45, 2.75) is 79.1 Å². The Balaban J connectivity index is 2.75.